The van der Waals surface area contributed by atoms with Gasteiger partial charge in [0.2, 0.25) is 5.88 Å². The van der Waals surface area contributed by atoms with E-state index in [0.717, 1.165) is 49.8 Å². The number of nitrogens with one attached hydrogen (secondary N) is 2. The van der Waals surface area contributed by atoms with Crippen molar-refractivity contribution in [1.82, 2.24) is 19.5 Å². The fourth-order valence-electron chi connectivity index (χ4n) is 4.21. The van der Waals surface area contributed by atoms with Crippen LogP contribution in [0.2, 0.25) is 0 Å². The van der Waals surface area contributed by atoms with E-state index in [-0.39, 0.29) is 10.8 Å². The van der Waals surface area contributed by atoms with Gasteiger partial charge in [-0.1, -0.05) is 0 Å². The number of fused-ring (bicyclic) bond motifs is 4. The molecule has 2 N–H and O–H groups in total. The van der Waals surface area contributed by atoms with Crippen LogP contribution in [0.1, 0.15) is 35.2 Å². The second kappa shape index (κ2) is 5.95. The lowest BCUT2D eigenvalue weighted by Gasteiger charge is -2.14. The van der Waals surface area contributed by atoms with E-state index in [0.29, 0.717) is 19.0 Å². The number of nitrogens with zero attached hydrogens (tertiary/aromatic N) is 3. The molecule has 10 heteroatoms. The summed E-state index contributed by atoms with van der Waals surface area (Å²) in [6.45, 7) is 0.852. The molecular weight excluding hydrogens is 370 g/mol. The lowest BCUT2D eigenvalue weighted by Crippen LogP contribution is -2.35. The van der Waals surface area contributed by atoms with Crippen LogP contribution in [0.25, 0.3) is 0 Å². The molecule has 3 heterocycles. The van der Waals surface area contributed by atoms with E-state index in [2.05, 4.69) is 15.4 Å². The minimum Gasteiger partial charge on any atom is -0.475 e. The molecule has 0 saturated carbocycles. The molecule has 0 atom stereocenters. The first-order valence-electron chi connectivity index (χ1n) is 9.09. The molecule has 142 valence electrons. The fourth-order valence-corrected chi connectivity index (χ4v) is 5.19. The number of aromatic nitrogens is 3. The Bertz CT molecular complexity index is 1060. The van der Waals surface area contributed by atoms with Crippen LogP contribution in [0.4, 0.5) is 10.6 Å². The summed E-state index contributed by atoms with van der Waals surface area (Å²) in [7, 11) is -4.09. The van der Waals surface area contributed by atoms with Gasteiger partial charge in [-0.25, -0.2) is 27.6 Å². The first kappa shape index (κ1) is 16.5. The molecule has 5 rings (SSSR count). The highest BCUT2D eigenvalue weighted by Crippen LogP contribution is 2.36. The van der Waals surface area contributed by atoms with Crippen molar-refractivity contribution in [3.8, 4) is 5.88 Å². The van der Waals surface area contributed by atoms with Gasteiger partial charge >= 0.3 is 6.03 Å². The van der Waals surface area contributed by atoms with Crippen molar-refractivity contribution in [3.05, 3.63) is 28.6 Å². The van der Waals surface area contributed by atoms with Crippen molar-refractivity contribution in [2.45, 2.75) is 50.0 Å². The summed E-state index contributed by atoms with van der Waals surface area (Å²) >= 11 is 0. The summed E-state index contributed by atoms with van der Waals surface area (Å²) in [5.74, 6) is 0.638. The fraction of sp³-hybridized carbons (Fsp3) is 0.471. The molecule has 0 saturated heterocycles. The lowest BCUT2D eigenvalue weighted by molar-refractivity contribution is 0.256. The number of rotatable bonds is 3. The number of amides is 2. The highest BCUT2D eigenvalue weighted by atomic mass is 32.2. The average Bonchev–Trinajstić information content (AvgIpc) is 3.36. The summed E-state index contributed by atoms with van der Waals surface area (Å²) in [5.41, 5.74) is 4.68. The van der Waals surface area contributed by atoms with Gasteiger partial charge in [-0.2, -0.15) is 5.10 Å². The van der Waals surface area contributed by atoms with Gasteiger partial charge in [0.15, 0.2) is 4.90 Å². The highest BCUT2D eigenvalue weighted by molar-refractivity contribution is 7.90. The monoisotopic (exact) mass is 389 g/mol. The number of aryl methyl sites for hydroxylation is 1. The maximum atomic E-state index is 12.5. The summed E-state index contributed by atoms with van der Waals surface area (Å²) in [5, 5.41) is 6.62. The van der Waals surface area contributed by atoms with Gasteiger partial charge in [0.05, 0.1) is 12.7 Å². The second-order valence-electron chi connectivity index (χ2n) is 7.00. The molecule has 9 nitrogen and oxygen atoms in total. The molecule has 0 aromatic carbocycles. The van der Waals surface area contributed by atoms with E-state index in [1.54, 1.807) is 0 Å². The number of anilines is 1. The third-order valence-electron chi connectivity index (χ3n) is 5.35. The minimum absolute atomic E-state index is 0.137. The van der Waals surface area contributed by atoms with E-state index < -0.39 is 16.1 Å². The Labute approximate surface area is 156 Å². The van der Waals surface area contributed by atoms with Crippen LogP contribution in [-0.4, -0.2) is 35.8 Å². The van der Waals surface area contributed by atoms with Gasteiger partial charge in [-0.3, -0.25) is 5.32 Å². The van der Waals surface area contributed by atoms with Crippen molar-refractivity contribution in [1.29, 1.82) is 0 Å². The van der Waals surface area contributed by atoms with E-state index in [1.807, 2.05) is 4.72 Å². The zero-order chi connectivity index (χ0) is 18.6. The molecule has 2 aromatic heterocycles. The van der Waals surface area contributed by atoms with E-state index >= 15 is 0 Å². The van der Waals surface area contributed by atoms with E-state index in [1.165, 1.54) is 22.0 Å². The molecule has 0 radical (unpaired) electrons. The number of carbonyl (C=O) groups is 1. The molecule has 0 bridgehead atoms. The van der Waals surface area contributed by atoms with Gasteiger partial charge in [0.25, 0.3) is 10.0 Å². The Morgan fingerprint density at radius 1 is 1.11 bits per heavy atom. The molecule has 3 aliphatic rings. The third-order valence-corrected chi connectivity index (χ3v) is 6.67. The van der Waals surface area contributed by atoms with Gasteiger partial charge in [-0.15, -0.1) is 0 Å². The first-order valence-corrected chi connectivity index (χ1v) is 10.6. The van der Waals surface area contributed by atoms with Crippen molar-refractivity contribution in [2.24, 2.45) is 0 Å². The van der Waals surface area contributed by atoms with E-state index in [4.69, 9.17) is 4.74 Å². The van der Waals surface area contributed by atoms with Crippen molar-refractivity contribution < 1.29 is 17.9 Å². The summed E-state index contributed by atoms with van der Waals surface area (Å²) in [6.07, 6.45) is 7.08. The summed E-state index contributed by atoms with van der Waals surface area (Å²) in [4.78, 5) is 16.9. The van der Waals surface area contributed by atoms with Crippen LogP contribution in [0.5, 0.6) is 5.88 Å². The number of ether oxygens (including phenoxy) is 1. The number of sulfonamides is 1. The van der Waals surface area contributed by atoms with Crippen LogP contribution >= 0.6 is 0 Å². The quantitative estimate of drug-likeness (QED) is 0.814. The van der Waals surface area contributed by atoms with E-state index in [9.17, 15) is 13.2 Å². The number of carbonyl (C=O) groups excluding carboxylic acids is 1. The summed E-state index contributed by atoms with van der Waals surface area (Å²) < 4.78 is 33.9. The van der Waals surface area contributed by atoms with Gasteiger partial charge < -0.3 is 4.74 Å². The Morgan fingerprint density at radius 3 is 2.78 bits per heavy atom. The predicted octanol–water partition coefficient (Wildman–Crippen LogP) is 1.16. The normalized spacial score (nSPS) is 17.2. The number of urea groups is 1. The maximum Gasteiger partial charge on any atom is 0.334 e. The molecule has 1 aliphatic heterocycles. The van der Waals surface area contributed by atoms with Crippen LogP contribution in [0.3, 0.4) is 0 Å². The third kappa shape index (κ3) is 2.66. The van der Waals surface area contributed by atoms with Crippen molar-refractivity contribution in [3.63, 3.8) is 0 Å². The average molecular weight is 389 g/mol. The second-order valence-corrected chi connectivity index (χ2v) is 8.65. The highest BCUT2D eigenvalue weighted by Gasteiger charge is 2.30. The smallest absolute Gasteiger partial charge is 0.334 e. The van der Waals surface area contributed by atoms with Crippen LogP contribution in [0.15, 0.2) is 11.1 Å². The zero-order valence-corrected chi connectivity index (χ0v) is 15.4. The first-order chi connectivity index (χ1) is 13.0. The SMILES string of the molecule is O=C(Nc1nc2c(c3c1CCC3)CCC2)NS(=O)(=O)c1cnn2c1OCC2. The molecule has 2 aliphatic carbocycles. The molecule has 0 unspecified atom stereocenters. The van der Waals surface area contributed by atoms with Gasteiger partial charge in [0, 0.05) is 5.69 Å². The zero-order valence-electron chi connectivity index (χ0n) is 14.6. The number of pyridine rings is 1. The maximum absolute atomic E-state index is 12.5. The number of hydrogen-bond acceptors (Lipinski definition) is 6. The standard InChI is InChI=1S/C17H19N5O4S/c23-17(21-27(24,25)14-9-18-22-7-8-26-16(14)22)20-15-12-5-1-3-10(12)11-4-2-6-13(11)19-15/h9H,1-8H2,(H2,19,20,21,23). The molecule has 2 aromatic rings. The number of hydrogen-bond donors (Lipinski definition) is 2. The van der Waals surface area contributed by atoms with Crippen molar-refractivity contribution in [2.75, 3.05) is 11.9 Å². The molecule has 2 amide bonds. The van der Waals surface area contributed by atoms with Gasteiger partial charge in [-0.05, 0) is 55.2 Å². The molecule has 27 heavy (non-hydrogen) atoms. The largest absolute Gasteiger partial charge is 0.475 e. The predicted molar refractivity (Wildman–Crippen MR) is 95.3 cm³/mol. The van der Waals surface area contributed by atoms with Gasteiger partial charge in [0.1, 0.15) is 12.4 Å². The topological polar surface area (TPSA) is 115 Å². The van der Waals surface area contributed by atoms with Crippen LogP contribution in [-0.2, 0) is 42.3 Å². The Hall–Kier alpha value is -2.62. The summed E-state index contributed by atoms with van der Waals surface area (Å²) in [6, 6.07) is -0.826. The molecule has 0 spiro atoms. The minimum atomic E-state index is -4.09. The molecular formula is C17H19N5O4S. The molecule has 0 fully saturated rings. The van der Waals surface area contributed by atoms with Crippen LogP contribution < -0.4 is 14.8 Å². The lowest BCUT2D eigenvalue weighted by atomic mass is 10.0. The Kier molecular flexibility index (Phi) is 3.64. The van der Waals surface area contributed by atoms with Crippen LogP contribution in [0, 0.1) is 0 Å². The van der Waals surface area contributed by atoms with Crippen molar-refractivity contribution >= 4 is 21.9 Å². The Morgan fingerprint density at radius 2 is 1.89 bits per heavy atom. The Balaban J connectivity index is 1.39.